The van der Waals surface area contributed by atoms with E-state index in [9.17, 15) is 14.4 Å². The summed E-state index contributed by atoms with van der Waals surface area (Å²) >= 11 is 0. The molecule has 0 bridgehead atoms. The van der Waals surface area contributed by atoms with E-state index in [1.165, 1.54) is 11.1 Å². The van der Waals surface area contributed by atoms with Crippen LogP contribution in [0.2, 0.25) is 0 Å². The van der Waals surface area contributed by atoms with E-state index in [1.54, 1.807) is 0 Å². The van der Waals surface area contributed by atoms with Crippen LogP contribution in [0.3, 0.4) is 0 Å². The highest BCUT2D eigenvalue weighted by Crippen LogP contribution is 2.44. The lowest BCUT2D eigenvalue weighted by Gasteiger charge is -2.22. The highest BCUT2D eigenvalue weighted by Gasteiger charge is 2.29. The van der Waals surface area contributed by atoms with E-state index >= 15 is 0 Å². The molecule has 7 nitrogen and oxygen atoms in total. The Bertz CT molecular complexity index is 943. The van der Waals surface area contributed by atoms with Gasteiger partial charge in [-0.25, -0.2) is 4.79 Å². The quantitative estimate of drug-likeness (QED) is 0.441. The SMILES string of the molecule is CC(C)[C@H](CC(=O)NCCCCC(=O)O)NC(=O)OCC1c2ccccc2-c2ccccc21. The number of fused-ring (bicyclic) bond motifs is 3. The average molecular weight is 453 g/mol. The van der Waals surface area contributed by atoms with Crippen LogP contribution < -0.4 is 10.6 Å². The summed E-state index contributed by atoms with van der Waals surface area (Å²) in [6, 6.07) is 16.0. The zero-order chi connectivity index (χ0) is 23.8. The number of nitrogens with one attached hydrogen (secondary N) is 2. The van der Waals surface area contributed by atoms with Crippen molar-refractivity contribution < 1.29 is 24.2 Å². The summed E-state index contributed by atoms with van der Waals surface area (Å²) in [6.07, 6.45) is 0.810. The van der Waals surface area contributed by atoms with E-state index in [-0.39, 0.29) is 43.2 Å². The number of benzene rings is 2. The molecule has 1 aliphatic rings. The first-order valence-corrected chi connectivity index (χ1v) is 11.5. The molecule has 0 fully saturated rings. The summed E-state index contributed by atoms with van der Waals surface area (Å²) in [7, 11) is 0. The van der Waals surface area contributed by atoms with E-state index in [1.807, 2.05) is 38.1 Å². The second-order valence-electron chi connectivity index (χ2n) is 8.73. The van der Waals surface area contributed by atoms with Crippen LogP contribution in [0, 0.1) is 5.92 Å². The number of carbonyl (C=O) groups excluding carboxylic acids is 2. The molecule has 3 rings (SSSR count). The first-order chi connectivity index (χ1) is 15.9. The van der Waals surface area contributed by atoms with Crippen molar-refractivity contribution in [1.82, 2.24) is 10.6 Å². The number of hydrogen-bond donors (Lipinski definition) is 3. The van der Waals surface area contributed by atoms with E-state index < -0.39 is 12.1 Å². The molecule has 1 aliphatic carbocycles. The number of hydrogen-bond acceptors (Lipinski definition) is 4. The third-order valence-corrected chi connectivity index (χ3v) is 6.00. The van der Waals surface area contributed by atoms with E-state index in [0.717, 1.165) is 11.1 Å². The van der Waals surface area contributed by atoms with Gasteiger partial charge in [-0.1, -0.05) is 62.4 Å². The summed E-state index contributed by atoms with van der Waals surface area (Å²) in [6.45, 7) is 4.52. The van der Waals surface area contributed by atoms with E-state index in [4.69, 9.17) is 9.84 Å². The van der Waals surface area contributed by atoms with Crippen LogP contribution in [-0.4, -0.2) is 42.3 Å². The maximum Gasteiger partial charge on any atom is 0.407 e. The number of carboxylic acids is 1. The minimum atomic E-state index is -0.839. The van der Waals surface area contributed by atoms with Crippen molar-refractivity contribution >= 4 is 18.0 Å². The zero-order valence-corrected chi connectivity index (χ0v) is 19.2. The van der Waals surface area contributed by atoms with Gasteiger partial charge in [0.1, 0.15) is 6.61 Å². The summed E-state index contributed by atoms with van der Waals surface area (Å²) < 4.78 is 5.60. The van der Waals surface area contributed by atoms with Gasteiger partial charge in [-0.15, -0.1) is 0 Å². The number of unbranched alkanes of at least 4 members (excludes halogenated alkanes) is 1. The second kappa shape index (κ2) is 11.5. The molecule has 176 valence electrons. The molecule has 2 amide bonds. The van der Waals surface area contributed by atoms with Crippen molar-refractivity contribution in [3.8, 4) is 11.1 Å². The predicted molar refractivity (Wildman–Crippen MR) is 126 cm³/mol. The first-order valence-electron chi connectivity index (χ1n) is 11.5. The number of alkyl carbamates (subject to hydrolysis) is 1. The monoisotopic (exact) mass is 452 g/mol. The van der Waals surface area contributed by atoms with Crippen molar-refractivity contribution in [2.45, 2.75) is 51.5 Å². The summed E-state index contributed by atoms with van der Waals surface area (Å²) in [4.78, 5) is 35.4. The first kappa shape index (κ1) is 24.3. The standard InChI is InChI=1S/C26H32N2O5/c1-17(2)23(15-24(29)27-14-8-7-13-25(30)31)28-26(32)33-16-22-20-11-5-3-9-18(20)19-10-4-6-12-21(19)22/h3-6,9-12,17,22-23H,7-8,13-16H2,1-2H3,(H,27,29)(H,28,32)(H,30,31)/t23-/m0/s1. The highest BCUT2D eigenvalue weighted by molar-refractivity contribution is 5.79. The van der Waals surface area contributed by atoms with Gasteiger partial charge >= 0.3 is 12.1 Å². The number of amides is 2. The predicted octanol–water partition coefficient (Wildman–Crippen LogP) is 4.31. The fourth-order valence-electron chi connectivity index (χ4n) is 4.15. The Hall–Kier alpha value is -3.35. The molecule has 2 aromatic rings. The van der Waals surface area contributed by atoms with E-state index in [2.05, 4.69) is 34.9 Å². The number of ether oxygens (including phenoxy) is 1. The summed E-state index contributed by atoms with van der Waals surface area (Å²) in [5.41, 5.74) is 4.63. The Morgan fingerprint density at radius 1 is 0.970 bits per heavy atom. The van der Waals surface area contributed by atoms with Crippen molar-refractivity contribution in [3.05, 3.63) is 59.7 Å². The molecule has 0 spiro atoms. The molecule has 1 atom stereocenters. The molecule has 7 heteroatoms. The molecular weight excluding hydrogens is 420 g/mol. The van der Waals surface area contributed by atoms with Crippen molar-refractivity contribution in [1.29, 1.82) is 0 Å². The highest BCUT2D eigenvalue weighted by atomic mass is 16.5. The Labute approximate surface area is 194 Å². The van der Waals surface area contributed by atoms with Gasteiger partial charge in [0.15, 0.2) is 0 Å². The van der Waals surface area contributed by atoms with Crippen LogP contribution in [0.25, 0.3) is 11.1 Å². The van der Waals surface area contributed by atoms with Crippen molar-refractivity contribution in [2.24, 2.45) is 5.92 Å². The van der Waals surface area contributed by atoms with Crippen LogP contribution in [0.1, 0.15) is 56.6 Å². The van der Waals surface area contributed by atoms with Gasteiger partial charge in [0.2, 0.25) is 5.91 Å². The van der Waals surface area contributed by atoms with Crippen LogP contribution in [-0.2, 0) is 14.3 Å². The third-order valence-electron chi connectivity index (χ3n) is 6.00. The van der Waals surface area contributed by atoms with Crippen molar-refractivity contribution in [3.63, 3.8) is 0 Å². The smallest absolute Gasteiger partial charge is 0.407 e. The van der Waals surface area contributed by atoms with Crippen LogP contribution in [0.15, 0.2) is 48.5 Å². The zero-order valence-electron chi connectivity index (χ0n) is 19.2. The number of rotatable bonds is 11. The van der Waals surface area contributed by atoms with Gasteiger partial charge in [-0.2, -0.15) is 0 Å². The minimum Gasteiger partial charge on any atom is -0.481 e. The Morgan fingerprint density at radius 2 is 1.58 bits per heavy atom. The minimum absolute atomic E-state index is 0.0187. The molecule has 0 heterocycles. The maximum absolute atomic E-state index is 12.6. The Morgan fingerprint density at radius 3 is 2.15 bits per heavy atom. The molecule has 3 N–H and O–H groups in total. The van der Waals surface area contributed by atoms with Gasteiger partial charge in [0.25, 0.3) is 0 Å². The maximum atomic E-state index is 12.6. The number of carbonyl (C=O) groups is 3. The average Bonchev–Trinajstić information content (AvgIpc) is 3.10. The fraction of sp³-hybridized carbons (Fsp3) is 0.423. The molecule has 0 saturated carbocycles. The van der Waals surface area contributed by atoms with Crippen molar-refractivity contribution in [2.75, 3.05) is 13.2 Å². The second-order valence-corrected chi connectivity index (χ2v) is 8.73. The molecule has 0 aliphatic heterocycles. The van der Waals surface area contributed by atoms with Crippen LogP contribution >= 0.6 is 0 Å². The van der Waals surface area contributed by atoms with Gasteiger partial charge in [0.05, 0.1) is 0 Å². The van der Waals surface area contributed by atoms with Gasteiger partial charge in [-0.05, 0) is 41.0 Å². The lowest BCUT2D eigenvalue weighted by molar-refractivity contribution is -0.137. The number of carboxylic acid groups (broad SMARTS) is 1. The Kier molecular flexibility index (Phi) is 8.46. The number of aliphatic carboxylic acids is 1. The summed E-state index contributed by atoms with van der Waals surface area (Å²) in [5, 5.41) is 14.3. The van der Waals surface area contributed by atoms with Gasteiger partial charge < -0.3 is 20.5 Å². The lowest BCUT2D eigenvalue weighted by atomic mass is 9.98. The molecular formula is C26H32N2O5. The normalized spacial score (nSPS) is 13.2. The molecule has 33 heavy (non-hydrogen) atoms. The largest absolute Gasteiger partial charge is 0.481 e. The molecule has 0 radical (unpaired) electrons. The Balaban J connectivity index is 1.50. The molecule has 0 aromatic heterocycles. The third kappa shape index (κ3) is 6.57. The van der Waals surface area contributed by atoms with Gasteiger partial charge in [-0.3, -0.25) is 9.59 Å². The fourth-order valence-corrected chi connectivity index (χ4v) is 4.15. The van der Waals surface area contributed by atoms with Crippen LogP contribution in [0.4, 0.5) is 4.79 Å². The summed E-state index contributed by atoms with van der Waals surface area (Å²) in [5.74, 6) is -0.991. The van der Waals surface area contributed by atoms with Gasteiger partial charge in [0, 0.05) is 31.3 Å². The molecule has 0 saturated heterocycles. The lowest BCUT2D eigenvalue weighted by Crippen LogP contribution is -2.43. The molecule has 0 unspecified atom stereocenters. The topological polar surface area (TPSA) is 105 Å². The van der Waals surface area contributed by atoms with Crippen LogP contribution in [0.5, 0.6) is 0 Å². The molecule has 2 aromatic carbocycles. The van der Waals surface area contributed by atoms with E-state index in [0.29, 0.717) is 19.4 Å².